The lowest BCUT2D eigenvalue weighted by Gasteiger charge is -2.16. The first kappa shape index (κ1) is 27.3. The van der Waals surface area contributed by atoms with Crippen LogP contribution in [0, 0.1) is 0 Å². The Hall–Kier alpha value is -3.70. The van der Waals surface area contributed by atoms with E-state index in [0.717, 1.165) is 88.4 Å². The summed E-state index contributed by atoms with van der Waals surface area (Å²) in [7, 11) is 4.41. The second-order valence-electron chi connectivity index (χ2n) is 8.95. The highest BCUT2D eigenvalue weighted by Gasteiger charge is 2.13. The molecule has 7 nitrogen and oxygen atoms in total. The van der Waals surface area contributed by atoms with Gasteiger partial charge in [-0.1, -0.05) is 19.1 Å². The predicted octanol–water partition coefficient (Wildman–Crippen LogP) is 7.06. The van der Waals surface area contributed by atoms with Gasteiger partial charge in [0.2, 0.25) is 5.95 Å². The highest BCUT2D eigenvalue weighted by molar-refractivity contribution is 7.23. The van der Waals surface area contributed by atoms with Crippen LogP contribution >= 0.6 is 9.24 Å². The number of hydrogen-bond acceptors (Lipinski definition) is 5. The standard InChI is InChI=1S/C30H36N5O2P/c1-5-20-16-21(22-9-12-25-26(17-22)35-30(34-25)32-6-2)10-13-27(20)37-15-7-8-24(33-19-31-3)23-11-14-28(36-4)29(38)18-23/h9-10,12-14,16-19H,3,5-8,11,15,38H2,1-2,4H3,(H2,32,34,35)/b24-23+,33-19?. The molecule has 0 fully saturated rings. The van der Waals surface area contributed by atoms with Gasteiger partial charge in [-0.05, 0) is 98.0 Å². The van der Waals surface area contributed by atoms with Gasteiger partial charge in [0.25, 0.3) is 0 Å². The number of nitrogens with one attached hydrogen (secondary N) is 2. The summed E-state index contributed by atoms with van der Waals surface area (Å²) in [6.07, 6.45) is 8.97. The van der Waals surface area contributed by atoms with Crippen LogP contribution in [0.15, 0.2) is 80.9 Å². The number of ether oxygens (including phenoxy) is 2. The van der Waals surface area contributed by atoms with Gasteiger partial charge in [-0.25, -0.2) is 9.98 Å². The number of rotatable bonds is 12. The van der Waals surface area contributed by atoms with Gasteiger partial charge < -0.3 is 19.8 Å². The molecule has 1 aliphatic rings. The summed E-state index contributed by atoms with van der Waals surface area (Å²) >= 11 is 0. The summed E-state index contributed by atoms with van der Waals surface area (Å²) in [6.45, 7) is 9.16. The highest BCUT2D eigenvalue weighted by atomic mass is 31.0. The molecule has 0 spiro atoms. The molecule has 3 aromatic rings. The van der Waals surface area contributed by atoms with Crippen LogP contribution in [0.5, 0.6) is 5.75 Å². The Balaban J connectivity index is 1.43. The number of anilines is 1. The molecule has 2 aromatic carbocycles. The molecule has 0 amide bonds. The van der Waals surface area contributed by atoms with Gasteiger partial charge in [0, 0.05) is 17.6 Å². The van der Waals surface area contributed by atoms with Crippen LogP contribution < -0.4 is 10.1 Å². The average Bonchev–Trinajstić information content (AvgIpc) is 3.34. The van der Waals surface area contributed by atoms with Crippen molar-refractivity contribution in [2.24, 2.45) is 9.98 Å². The lowest BCUT2D eigenvalue weighted by Crippen LogP contribution is -2.02. The van der Waals surface area contributed by atoms with E-state index in [1.54, 1.807) is 7.11 Å². The molecule has 2 N–H and O–H groups in total. The second-order valence-corrected chi connectivity index (χ2v) is 9.57. The number of aromatic amines is 1. The molecule has 0 aliphatic heterocycles. The first-order valence-electron chi connectivity index (χ1n) is 13.0. The number of H-pyrrole nitrogens is 1. The molecule has 1 aliphatic carbocycles. The minimum Gasteiger partial charge on any atom is -0.496 e. The number of benzene rings is 2. The quantitative estimate of drug-likeness (QED) is 0.114. The van der Waals surface area contributed by atoms with Crippen LogP contribution in [0.3, 0.4) is 0 Å². The van der Waals surface area contributed by atoms with Gasteiger partial charge in [-0.15, -0.1) is 9.24 Å². The van der Waals surface area contributed by atoms with Crippen molar-refractivity contribution in [2.75, 3.05) is 25.6 Å². The van der Waals surface area contributed by atoms with Gasteiger partial charge >= 0.3 is 0 Å². The molecule has 1 heterocycles. The number of aromatic nitrogens is 2. The van der Waals surface area contributed by atoms with Crippen molar-refractivity contribution in [3.63, 3.8) is 0 Å². The van der Waals surface area contributed by atoms with Crippen molar-refractivity contribution < 1.29 is 9.47 Å². The summed E-state index contributed by atoms with van der Waals surface area (Å²) in [4.78, 5) is 16.3. The van der Waals surface area contributed by atoms with Crippen molar-refractivity contribution in [2.45, 2.75) is 39.5 Å². The van der Waals surface area contributed by atoms with E-state index in [1.807, 2.05) is 0 Å². The maximum absolute atomic E-state index is 6.23. The van der Waals surface area contributed by atoms with Gasteiger partial charge in [0.05, 0.1) is 24.8 Å². The molecule has 4 rings (SSSR count). The zero-order chi connectivity index (χ0) is 26.9. The summed E-state index contributed by atoms with van der Waals surface area (Å²) in [5.41, 5.74) is 7.62. The molecule has 0 radical (unpaired) electrons. The molecule has 1 atom stereocenters. The topological polar surface area (TPSA) is 83.9 Å². The summed E-state index contributed by atoms with van der Waals surface area (Å²) in [6, 6.07) is 12.7. The number of aliphatic imine (C=N–C) groups is 2. The summed E-state index contributed by atoms with van der Waals surface area (Å²) in [5, 5.41) is 4.25. The number of hydrogen-bond donors (Lipinski definition) is 2. The molecule has 1 aromatic heterocycles. The molecule has 198 valence electrons. The third-order valence-corrected chi connectivity index (χ3v) is 6.87. The minimum absolute atomic E-state index is 0.601. The van der Waals surface area contributed by atoms with Crippen molar-refractivity contribution in [1.82, 2.24) is 9.97 Å². The van der Waals surface area contributed by atoms with E-state index in [-0.39, 0.29) is 0 Å². The molecular formula is C30H36N5O2P. The fourth-order valence-electron chi connectivity index (χ4n) is 4.50. The highest BCUT2D eigenvalue weighted by Crippen LogP contribution is 2.32. The zero-order valence-corrected chi connectivity index (χ0v) is 23.5. The van der Waals surface area contributed by atoms with Crippen LogP contribution in [0.25, 0.3) is 22.2 Å². The molecule has 0 bridgehead atoms. The Labute approximate surface area is 227 Å². The molecule has 1 unspecified atom stereocenters. The van der Waals surface area contributed by atoms with Crippen LogP contribution in [0.1, 0.15) is 38.7 Å². The minimum atomic E-state index is 0.601. The van der Waals surface area contributed by atoms with Gasteiger partial charge in [-0.3, -0.25) is 4.99 Å². The number of nitrogens with zero attached hydrogens (tertiary/aromatic N) is 3. The lowest BCUT2D eigenvalue weighted by atomic mass is 10.0. The van der Waals surface area contributed by atoms with E-state index in [9.17, 15) is 0 Å². The third-order valence-electron chi connectivity index (χ3n) is 6.42. The predicted molar refractivity (Wildman–Crippen MR) is 162 cm³/mol. The van der Waals surface area contributed by atoms with Crippen LogP contribution in [0.4, 0.5) is 5.95 Å². The molecular weight excluding hydrogens is 493 g/mol. The van der Waals surface area contributed by atoms with Crippen molar-refractivity contribution in [1.29, 1.82) is 0 Å². The number of allylic oxidation sites excluding steroid dienone is 5. The van der Waals surface area contributed by atoms with E-state index >= 15 is 0 Å². The average molecular weight is 530 g/mol. The maximum Gasteiger partial charge on any atom is 0.201 e. The first-order chi connectivity index (χ1) is 18.6. The number of aryl methyl sites for hydroxylation is 1. The third kappa shape index (κ3) is 6.59. The smallest absolute Gasteiger partial charge is 0.201 e. The Morgan fingerprint density at radius 1 is 1.21 bits per heavy atom. The summed E-state index contributed by atoms with van der Waals surface area (Å²) in [5.74, 6) is 2.61. The van der Waals surface area contributed by atoms with E-state index in [0.29, 0.717) is 6.61 Å². The van der Waals surface area contributed by atoms with Crippen LogP contribution in [-0.2, 0) is 11.2 Å². The van der Waals surface area contributed by atoms with E-state index in [4.69, 9.17) is 9.47 Å². The second kappa shape index (κ2) is 13.2. The maximum atomic E-state index is 6.23. The fourth-order valence-corrected chi connectivity index (χ4v) is 4.93. The van der Waals surface area contributed by atoms with Gasteiger partial charge in [-0.2, -0.15) is 0 Å². The van der Waals surface area contributed by atoms with Gasteiger partial charge in [0.15, 0.2) is 0 Å². The normalized spacial score (nSPS) is 14.8. The largest absolute Gasteiger partial charge is 0.496 e. The molecule has 8 heteroatoms. The zero-order valence-electron chi connectivity index (χ0n) is 22.4. The Morgan fingerprint density at radius 2 is 2.03 bits per heavy atom. The Bertz CT molecular complexity index is 1420. The first-order valence-corrected chi connectivity index (χ1v) is 13.6. The summed E-state index contributed by atoms with van der Waals surface area (Å²) < 4.78 is 11.6. The molecule has 0 saturated heterocycles. The van der Waals surface area contributed by atoms with Crippen LogP contribution in [0.2, 0.25) is 0 Å². The number of imidazole rings is 1. The van der Waals surface area contributed by atoms with Gasteiger partial charge in [0.1, 0.15) is 17.8 Å². The van der Waals surface area contributed by atoms with Crippen molar-refractivity contribution in [3.8, 4) is 16.9 Å². The van der Waals surface area contributed by atoms with Crippen molar-refractivity contribution in [3.05, 3.63) is 76.5 Å². The van der Waals surface area contributed by atoms with Crippen molar-refractivity contribution >= 4 is 39.3 Å². The van der Waals surface area contributed by atoms with Crippen LogP contribution in [-0.4, -0.2) is 43.3 Å². The SMILES string of the molecule is C=NC=N/C(CCCOc1ccc(-c2ccc3nc(NCC)[nH]c3c2)cc1CC)=C1/C=C(P)C(OC)=CC1. The number of fused-ring (bicyclic) bond motifs is 1. The Morgan fingerprint density at radius 3 is 2.76 bits per heavy atom. The molecule has 0 saturated carbocycles. The molecule has 38 heavy (non-hydrogen) atoms. The lowest BCUT2D eigenvalue weighted by molar-refractivity contribution is 0.302. The monoisotopic (exact) mass is 529 g/mol. The Kier molecular flexibility index (Phi) is 9.50. The van der Waals surface area contributed by atoms with E-state index in [1.165, 1.54) is 11.9 Å². The van der Waals surface area contributed by atoms with E-state index in [2.05, 4.69) is 104 Å². The van der Waals surface area contributed by atoms with E-state index < -0.39 is 0 Å². The number of methoxy groups -OCH3 is 1. The fraction of sp³-hybridized carbons (Fsp3) is 0.300.